The molecular formula is C40H24N4O. The second-order valence-electron chi connectivity index (χ2n) is 11.5. The third-order valence-electron chi connectivity index (χ3n) is 9.06. The summed E-state index contributed by atoms with van der Waals surface area (Å²) in [7, 11) is 0. The average molecular weight is 577 g/mol. The number of hydrogen-bond acceptors (Lipinski definition) is 3. The highest BCUT2D eigenvalue weighted by Crippen LogP contribution is 2.41. The van der Waals surface area contributed by atoms with E-state index >= 15 is 0 Å². The van der Waals surface area contributed by atoms with E-state index in [0.29, 0.717) is 5.95 Å². The Labute approximate surface area is 257 Å². The number of aromatic nitrogens is 4. The van der Waals surface area contributed by atoms with Crippen molar-refractivity contribution in [2.24, 2.45) is 0 Å². The van der Waals surface area contributed by atoms with Crippen LogP contribution in [0.2, 0.25) is 0 Å². The van der Waals surface area contributed by atoms with Gasteiger partial charge in [0.2, 0.25) is 5.95 Å². The van der Waals surface area contributed by atoms with Crippen LogP contribution in [0.3, 0.4) is 0 Å². The molecule has 10 aromatic rings. The van der Waals surface area contributed by atoms with Gasteiger partial charge in [-0.3, -0.25) is 4.57 Å². The zero-order chi connectivity index (χ0) is 29.5. The van der Waals surface area contributed by atoms with E-state index in [1.54, 1.807) is 12.5 Å². The molecule has 0 atom stereocenters. The molecule has 0 N–H and O–H groups in total. The van der Waals surface area contributed by atoms with Gasteiger partial charge in [0.25, 0.3) is 0 Å². The SMILES string of the molecule is c1ccc(-n2c3ccccc3c3cccc(-c4nc(-n5c6ccccc6c6c7ccccc7ccc65)nc5cocc45)c32)cc1. The molecule has 6 aromatic carbocycles. The first kappa shape index (κ1) is 24.3. The molecule has 0 fully saturated rings. The Kier molecular flexibility index (Phi) is 4.93. The van der Waals surface area contributed by atoms with Crippen molar-refractivity contribution in [3.63, 3.8) is 0 Å². The largest absolute Gasteiger partial charge is 0.470 e. The molecule has 5 nitrogen and oxygen atoms in total. The fourth-order valence-corrected chi connectivity index (χ4v) is 7.16. The van der Waals surface area contributed by atoms with Crippen LogP contribution in [-0.4, -0.2) is 19.1 Å². The number of nitrogens with zero attached hydrogens (tertiary/aromatic N) is 4. The molecule has 0 spiro atoms. The van der Waals surface area contributed by atoms with E-state index in [-0.39, 0.29) is 0 Å². The lowest BCUT2D eigenvalue weighted by atomic mass is 10.0. The lowest BCUT2D eigenvalue weighted by molar-refractivity contribution is 0.572. The van der Waals surface area contributed by atoms with Crippen LogP contribution in [0.5, 0.6) is 0 Å². The van der Waals surface area contributed by atoms with Crippen LogP contribution < -0.4 is 0 Å². The van der Waals surface area contributed by atoms with Crippen molar-refractivity contribution < 1.29 is 4.42 Å². The second-order valence-corrected chi connectivity index (χ2v) is 11.5. The van der Waals surface area contributed by atoms with Crippen molar-refractivity contribution in [1.82, 2.24) is 19.1 Å². The van der Waals surface area contributed by atoms with Gasteiger partial charge in [0, 0.05) is 32.8 Å². The van der Waals surface area contributed by atoms with Gasteiger partial charge in [0.15, 0.2) is 0 Å². The van der Waals surface area contributed by atoms with Gasteiger partial charge >= 0.3 is 0 Å². The molecule has 0 aliphatic carbocycles. The van der Waals surface area contributed by atoms with Crippen molar-refractivity contribution in [2.45, 2.75) is 0 Å². The Morgan fingerprint density at radius 2 is 1.18 bits per heavy atom. The van der Waals surface area contributed by atoms with E-state index in [1.807, 2.05) is 0 Å². The molecule has 5 heteroatoms. The molecule has 0 amide bonds. The predicted octanol–water partition coefficient (Wildman–Crippen LogP) is 10.2. The fourth-order valence-electron chi connectivity index (χ4n) is 7.16. The monoisotopic (exact) mass is 576 g/mol. The van der Waals surface area contributed by atoms with Crippen molar-refractivity contribution >= 4 is 65.3 Å². The first-order valence-electron chi connectivity index (χ1n) is 15.1. The molecule has 0 aliphatic heterocycles. The van der Waals surface area contributed by atoms with Gasteiger partial charge in [-0.25, -0.2) is 9.97 Å². The summed E-state index contributed by atoms with van der Waals surface area (Å²) >= 11 is 0. The Balaban J connectivity index is 1.34. The van der Waals surface area contributed by atoms with Gasteiger partial charge in [0.1, 0.15) is 18.0 Å². The zero-order valence-corrected chi connectivity index (χ0v) is 24.1. The van der Waals surface area contributed by atoms with Crippen LogP contribution in [0.15, 0.2) is 150 Å². The van der Waals surface area contributed by atoms with Crippen LogP contribution in [0, 0.1) is 0 Å². The molecule has 45 heavy (non-hydrogen) atoms. The minimum absolute atomic E-state index is 0.611. The van der Waals surface area contributed by atoms with Crippen molar-refractivity contribution in [1.29, 1.82) is 0 Å². The van der Waals surface area contributed by atoms with E-state index in [0.717, 1.165) is 49.9 Å². The summed E-state index contributed by atoms with van der Waals surface area (Å²) in [6.45, 7) is 0. The highest BCUT2D eigenvalue weighted by atomic mass is 16.3. The number of benzene rings is 6. The second kappa shape index (κ2) is 9.15. The van der Waals surface area contributed by atoms with Gasteiger partial charge < -0.3 is 8.98 Å². The fraction of sp³-hybridized carbons (Fsp3) is 0. The Morgan fingerprint density at radius 1 is 0.467 bits per heavy atom. The average Bonchev–Trinajstić information content (AvgIpc) is 3.81. The third-order valence-corrected chi connectivity index (χ3v) is 9.06. The highest BCUT2D eigenvalue weighted by molar-refractivity contribution is 6.21. The predicted molar refractivity (Wildman–Crippen MR) is 183 cm³/mol. The van der Waals surface area contributed by atoms with Crippen molar-refractivity contribution in [3.05, 3.63) is 146 Å². The van der Waals surface area contributed by atoms with Crippen molar-refractivity contribution in [3.8, 4) is 22.9 Å². The van der Waals surface area contributed by atoms with Crippen LogP contribution in [0.25, 0.3) is 88.2 Å². The van der Waals surface area contributed by atoms with Crippen LogP contribution in [0.1, 0.15) is 0 Å². The van der Waals surface area contributed by atoms with E-state index in [2.05, 4.69) is 143 Å². The standard InChI is InChI=1S/C40H24N4O/c1-2-12-26(13-3-1)43-34-19-8-6-15-28(34)29-17-10-18-31(39(29)43)38-32-23-45-24-33(32)41-40(42-38)44-35-20-9-7-16-30(35)37-27-14-5-4-11-25(27)21-22-36(37)44/h1-24H. The zero-order valence-electron chi connectivity index (χ0n) is 24.1. The number of fused-ring (bicyclic) bond motifs is 9. The van der Waals surface area contributed by atoms with Crippen molar-refractivity contribution in [2.75, 3.05) is 0 Å². The summed E-state index contributed by atoms with van der Waals surface area (Å²) in [6, 6.07) is 47.1. The Bertz CT molecular complexity index is 2770. The molecule has 4 heterocycles. The lowest BCUT2D eigenvalue weighted by Gasteiger charge is -2.13. The maximum absolute atomic E-state index is 5.80. The van der Waals surface area contributed by atoms with Gasteiger partial charge in [-0.1, -0.05) is 103 Å². The maximum atomic E-state index is 5.80. The molecule has 0 unspecified atom stereocenters. The lowest BCUT2D eigenvalue weighted by Crippen LogP contribution is -2.03. The summed E-state index contributed by atoms with van der Waals surface area (Å²) in [5.41, 5.74) is 8.11. The maximum Gasteiger partial charge on any atom is 0.235 e. The summed E-state index contributed by atoms with van der Waals surface area (Å²) in [4.78, 5) is 10.5. The molecule has 0 aliphatic rings. The summed E-state index contributed by atoms with van der Waals surface area (Å²) in [5.74, 6) is 0.611. The molecule has 0 bridgehead atoms. The molecule has 0 saturated carbocycles. The smallest absolute Gasteiger partial charge is 0.235 e. The number of hydrogen-bond donors (Lipinski definition) is 0. The van der Waals surface area contributed by atoms with E-state index in [4.69, 9.17) is 14.4 Å². The summed E-state index contributed by atoms with van der Waals surface area (Å²) in [5, 5.41) is 8.05. The highest BCUT2D eigenvalue weighted by Gasteiger charge is 2.22. The normalized spacial score (nSPS) is 12.0. The number of rotatable bonds is 3. The quantitative estimate of drug-likeness (QED) is 0.210. The van der Waals surface area contributed by atoms with E-state index in [1.165, 1.54) is 32.3 Å². The molecular weight excluding hydrogens is 552 g/mol. The Morgan fingerprint density at radius 3 is 2.04 bits per heavy atom. The first-order valence-corrected chi connectivity index (χ1v) is 15.1. The van der Waals surface area contributed by atoms with E-state index in [9.17, 15) is 0 Å². The topological polar surface area (TPSA) is 48.8 Å². The minimum Gasteiger partial charge on any atom is -0.470 e. The molecule has 4 aromatic heterocycles. The molecule has 0 saturated heterocycles. The van der Waals surface area contributed by atoms with Gasteiger partial charge in [0.05, 0.1) is 33.1 Å². The van der Waals surface area contributed by atoms with E-state index < -0.39 is 0 Å². The van der Waals surface area contributed by atoms with Crippen LogP contribution in [0.4, 0.5) is 0 Å². The molecule has 0 radical (unpaired) electrons. The number of furan rings is 1. The van der Waals surface area contributed by atoms with Crippen LogP contribution in [-0.2, 0) is 0 Å². The van der Waals surface area contributed by atoms with Crippen LogP contribution >= 0.6 is 0 Å². The Hall–Kier alpha value is -6.20. The summed E-state index contributed by atoms with van der Waals surface area (Å²) < 4.78 is 10.3. The molecule has 210 valence electrons. The van der Waals surface area contributed by atoms with Gasteiger partial charge in [-0.15, -0.1) is 0 Å². The van der Waals surface area contributed by atoms with Gasteiger partial charge in [-0.05, 0) is 41.1 Å². The first-order chi connectivity index (χ1) is 22.3. The number of para-hydroxylation sites is 4. The third kappa shape index (κ3) is 3.38. The minimum atomic E-state index is 0.611. The summed E-state index contributed by atoms with van der Waals surface area (Å²) in [6.07, 6.45) is 3.49. The van der Waals surface area contributed by atoms with Gasteiger partial charge in [-0.2, -0.15) is 0 Å². The molecule has 10 rings (SSSR count).